The van der Waals surface area contributed by atoms with Gasteiger partial charge in [-0.15, -0.1) is 0 Å². The summed E-state index contributed by atoms with van der Waals surface area (Å²) >= 11 is 0. The number of nitrogens with one attached hydrogen (secondary N) is 2. The van der Waals surface area contributed by atoms with Gasteiger partial charge in [0.1, 0.15) is 5.75 Å². The van der Waals surface area contributed by atoms with Crippen LogP contribution in [-0.2, 0) is 0 Å². The summed E-state index contributed by atoms with van der Waals surface area (Å²) in [5, 5.41) is 16.2. The lowest BCUT2D eigenvalue weighted by molar-refractivity contribution is 0.0922. The predicted molar refractivity (Wildman–Crippen MR) is 75.4 cm³/mol. The highest BCUT2D eigenvalue weighted by molar-refractivity contribution is 5.97. The van der Waals surface area contributed by atoms with Gasteiger partial charge in [0, 0.05) is 12.1 Å². The Hall–Kier alpha value is -1.55. The number of phenols is 1. The van der Waals surface area contributed by atoms with Crippen molar-refractivity contribution in [2.75, 3.05) is 7.05 Å². The average Bonchev–Trinajstić information content (AvgIpc) is 2.42. The Balaban J connectivity index is 1.96. The Morgan fingerprint density at radius 1 is 1.21 bits per heavy atom. The summed E-state index contributed by atoms with van der Waals surface area (Å²) in [7, 11) is 1.98. The number of aryl methyl sites for hydroxylation is 1. The normalized spacial score (nSPS) is 23.1. The predicted octanol–water partition coefficient (Wildman–Crippen LogP) is 1.96. The zero-order valence-corrected chi connectivity index (χ0v) is 11.6. The highest BCUT2D eigenvalue weighted by Crippen LogP contribution is 2.23. The summed E-state index contributed by atoms with van der Waals surface area (Å²) in [6.07, 6.45) is 4.15. The molecule has 0 aromatic heterocycles. The number of hydrogen-bond acceptors (Lipinski definition) is 3. The molecular weight excluding hydrogens is 240 g/mol. The molecule has 1 aliphatic rings. The maximum Gasteiger partial charge on any atom is 0.255 e. The Morgan fingerprint density at radius 2 is 1.84 bits per heavy atom. The number of carbonyl (C=O) groups is 1. The standard InChI is InChI=1S/C15H22N2O2/c1-10-4-3-5-13(14(10)18)15(19)17-12-8-6-11(16-2)7-9-12/h3-5,11-12,16,18H,6-9H2,1-2H3,(H,17,19). The molecule has 0 heterocycles. The molecule has 0 aliphatic heterocycles. The first-order valence-corrected chi connectivity index (χ1v) is 6.88. The van der Waals surface area contributed by atoms with Crippen LogP contribution in [0.1, 0.15) is 41.6 Å². The van der Waals surface area contributed by atoms with Crippen molar-refractivity contribution in [1.82, 2.24) is 10.6 Å². The quantitative estimate of drug-likeness (QED) is 0.780. The minimum absolute atomic E-state index is 0.0870. The third-order valence-corrected chi connectivity index (χ3v) is 3.95. The first-order valence-electron chi connectivity index (χ1n) is 6.88. The maximum absolute atomic E-state index is 12.2. The van der Waals surface area contributed by atoms with E-state index in [1.807, 2.05) is 7.05 Å². The van der Waals surface area contributed by atoms with E-state index in [0.717, 1.165) is 31.2 Å². The molecule has 19 heavy (non-hydrogen) atoms. The van der Waals surface area contributed by atoms with E-state index in [4.69, 9.17) is 0 Å². The lowest BCUT2D eigenvalue weighted by Crippen LogP contribution is -2.41. The van der Waals surface area contributed by atoms with Crippen LogP contribution >= 0.6 is 0 Å². The van der Waals surface area contributed by atoms with Gasteiger partial charge in [0.05, 0.1) is 5.56 Å². The molecule has 1 saturated carbocycles. The summed E-state index contributed by atoms with van der Waals surface area (Å²) in [4.78, 5) is 12.2. The van der Waals surface area contributed by atoms with Crippen LogP contribution in [0.5, 0.6) is 5.75 Å². The van der Waals surface area contributed by atoms with Crippen LogP contribution in [0.3, 0.4) is 0 Å². The molecule has 1 aromatic rings. The number of aromatic hydroxyl groups is 1. The van der Waals surface area contributed by atoms with Gasteiger partial charge in [-0.05, 0) is 51.3 Å². The highest BCUT2D eigenvalue weighted by Gasteiger charge is 2.22. The molecule has 104 valence electrons. The molecule has 1 aliphatic carbocycles. The van der Waals surface area contributed by atoms with Gasteiger partial charge in [-0.1, -0.05) is 12.1 Å². The van der Waals surface area contributed by atoms with Crippen molar-refractivity contribution in [3.05, 3.63) is 29.3 Å². The molecule has 1 amide bonds. The summed E-state index contributed by atoms with van der Waals surface area (Å²) in [5.74, 6) is -0.0852. The van der Waals surface area contributed by atoms with Crippen molar-refractivity contribution in [2.45, 2.75) is 44.7 Å². The Labute approximate surface area is 114 Å². The molecule has 0 radical (unpaired) electrons. The lowest BCUT2D eigenvalue weighted by Gasteiger charge is -2.28. The summed E-state index contributed by atoms with van der Waals surface area (Å²) in [5.41, 5.74) is 1.10. The third kappa shape index (κ3) is 3.26. The largest absolute Gasteiger partial charge is 0.507 e. The van der Waals surface area contributed by atoms with E-state index in [1.54, 1.807) is 25.1 Å². The first kappa shape index (κ1) is 13.9. The molecule has 0 atom stereocenters. The first-order chi connectivity index (χ1) is 9.11. The molecule has 3 N–H and O–H groups in total. The Morgan fingerprint density at radius 3 is 2.47 bits per heavy atom. The summed E-state index contributed by atoms with van der Waals surface area (Å²) < 4.78 is 0. The summed E-state index contributed by atoms with van der Waals surface area (Å²) in [6, 6.07) is 6.04. The van der Waals surface area contributed by atoms with Gasteiger partial charge >= 0.3 is 0 Å². The van der Waals surface area contributed by atoms with Gasteiger partial charge < -0.3 is 15.7 Å². The number of benzene rings is 1. The number of carbonyl (C=O) groups excluding carboxylic acids is 1. The molecule has 0 spiro atoms. The highest BCUT2D eigenvalue weighted by atomic mass is 16.3. The zero-order chi connectivity index (χ0) is 13.8. The molecule has 4 heteroatoms. The van der Waals surface area contributed by atoms with Crippen molar-refractivity contribution in [3.8, 4) is 5.75 Å². The second-order valence-electron chi connectivity index (χ2n) is 5.28. The third-order valence-electron chi connectivity index (χ3n) is 3.95. The molecule has 0 saturated heterocycles. The van der Waals surface area contributed by atoms with Crippen molar-refractivity contribution in [2.24, 2.45) is 0 Å². The van der Waals surface area contributed by atoms with Crippen LogP contribution in [0.15, 0.2) is 18.2 Å². The lowest BCUT2D eigenvalue weighted by atomic mass is 9.91. The van der Waals surface area contributed by atoms with E-state index < -0.39 is 0 Å². The minimum Gasteiger partial charge on any atom is -0.507 e. The Bertz CT molecular complexity index is 451. The summed E-state index contributed by atoms with van der Waals surface area (Å²) in [6.45, 7) is 1.80. The minimum atomic E-state index is -0.172. The SMILES string of the molecule is CNC1CCC(NC(=O)c2cccc(C)c2O)CC1. The van der Waals surface area contributed by atoms with Crippen LogP contribution in [0.25, 0.3) is 0 Å². The van der Waals surface area contributed by atoms with E-state index in [-0.39, 0.29) is 17.7 Å². The van der Waals surface area contributed by atoms with E-state index in [0.29, 0.717) is 11.6 Å². The van der Waals surface area contributed by atoms with Gasteiger partial charge in [-0.2, -0.15) is 0 Å². The van der Waals surface area contributed by atoms with Crippen LogP contribution in [0, 0.1) is 6.92 Å². The number of phenolic OH excluding ortho intramolecular Hbond substituents is 1. The Kier molecular flexibility index (Phi) is 4.43. The average molecular weight is 262 g/mol. The zero-order valence-electron chi connectivity index (χ0n) is 11.6. The van der Waals surface area contributed by atoms with Gasteiger partial charge in [0.25, 0.3) is 5.91 Å². The van der Waals surface area contributed by atoms with Gasteiger partial charge in [0.15, 0.2) is 0 Å². The van der Waals surface area contributed by atoms with Crippen molar-refractivity contribution in [1.29, 1.82) is 0 Å². The van der Waals surface area contributed by atoms with Crippen LogP contribution < -0.4 is 10.6 Å². The fraction of sp³-hybridized carbons (Fsp3) is 0.533. The van der Waals surface area contributed by atoms with E-state index in [1.165, 1.54) is 0 Å². The second-order valence-corrected chi connectivity index (χ2v) is 5.28. The second kappa shape index (κ2) is 6.06. The van der Waals surface area contributed by atoms with E-state index in [9.17, 15) is 9.90 Å². The monoisotopic (exact) mass is 262 g/mol. The van der Waals surface area contributed by atoms with Gasteiger partial charge in [-0.25, -0.2) is 0 Å². The maximum atomic E-state index is 12.2. The molecule has 2 rings (SSSR count). The van der Waals surface area contributed by atoms with Crippen molar-refractivity contribution >= 4 is 5.91 Å². The number of rotatable bonds is 3. The molecule has 0 bridgehead atoms. The molecule has 0 unspecified atom stereocenters. The number of para-hydroxylation sites is 1. The van der Waals surface area contributed by atoms with Gasteiger partial charge in [-0.3, -0.25) is 4.79 Å². The van der Waals surface area contributed by atoms with Crippen LogP contribution in [-0.4, -0.2) is 30.1 Å². The molecular formula is C15H22N2O2. The fourth-order valence-corrected chi connectivity index (χ4v) is 2.63. The smallest absolute Gasteiger partial charge is 0.255 e. The van der Waals surface area contributed by atoms with E-state index >= 15 is 0 Å². The number of hydrogen-bond donors (Lipinski definition) is 3. The molecule has 1 aromatic carbocycles. The van der Waals surface area contributed by atoms with Crippen molar-refractivity contribution in [3.63, 3.8) is 0 Å². The topological polar surface area (TPSA) is 61.4 Å². The number of amides is 1. The molecule has 4 nitrogen and oxygen atoms in total. The van der Waals surface area contributed by atoms with Crippen LogP contribution in [0.2, 0.25) is 0 Å². The van der Waals surface area contributed by atoms with Crippen molar-refractivity contribution < 1.29 is 9.90 Å². The fourth-order valence-electron chi connectivity index (χ4n) is 2.63. The van der Waals surface area contributed by atoms with Crippen LogP contribution in [0.4, 0.5) is 0 Å². The van der Waals surface area contributed by atoms with E-state index in [2.05, 4.69) is 10.6 Å². The molecule has 1 fully saturated rings. The van der Waals surface area contributed by atoms with Gasteiger partial charge in [0.2, 0.25) is 0 Å².